The summed E-state index contributed by atoms with van der Waals surface area (Å²) in [7, 11) is -3.75. The van der Waals surface area contributed by atoms with E-state index >= 15 is 0 Å². The zero-order chi connectivity index (χ0) is 24.8. The summed E-state index contributed by atoms with van der Waals surface area (Å²) >= 11 is 5.98. The number of aromatic nitrogens is 1. The Kier molecular flexibility index (Phi) is 8.51. The molecular weight excluding hydrogens is 488 g/mol. The van der Waals surface area contributed by atoms with Crippen molar-refractivity contribution in [3.8, 4) is 0 Å². The number of halogens is 1. The van der Waals surface area contributed by atoms with Crippen molar-refractivity contribution < 1.29 is 17.9 Å². The first-order valence-corrected chi connectivity index (χ1v) is 14.1. The van der Waals surface area contributed by atoms with Crippen molar-refractivity contribution in [1.29, 1.82) is 0 Å². The van der Waals surface area contributed by atoms with Gasteiger partial charge in [-0.2, -0.15) is 4.31 Å². The highest BCUT2D eigenvalue weighted by molar-refractivity contribution is 7.89. The van der Waals surface area contributed by atoms with Crippen molar-refractivity contribution in [2.45, 2.75) is 56.0 Å². The quantitative estimate of drug-likeness (QED) is 0.538. The van der Waals surface area contributed by atoms with E-state index in [9.17, 15) is 13.2 Å². The number of ether oxygens (including phenoxy) is 1. The zero-order valence-electron chi connectivity index (χ0n) is 20.1. The Morgan fingerprint density at radius 2 is 1.77 bits per heavy atom. The minimum Gasteiger partial charge on any atom is -0.448 e. The molecule has 35 heavy (non-hydrogen) atoms. The lowest BCUT2D eigenvalue weighted by Crippen LogP contribution is -2.53. The fraction of sp³-hybridized carbons (Fsp3) is 0.520. The van der Waals surface area contributed by atoms with Gasteiger partial charge in [0, 0.05) is 43.4 Å². The normalized spacial score (nSPS) is 21.7. The van der Waals surface area contributed by atoms with Gasteiger partial charge in [-0.1, -0.05) is 37.4 Å². The van der Waals surface area contributed by atoms with Gasteiger partial charge in [0.15, 0.2) is 0 Å². The van der Waals surface area contributed by atoms with E-state index in [-0.39, 0.29) is 23.6 Å². The van der Waals surface area contributed by atoms with E-state index in [1.165, 1.54) is 0 Å². The van der Waals surface area contributed by atoms with Gasteiger partial charge in [0.2, 0.25) is 10.0 Å². The zero-order valence-corrected chi connectivity index (χ0v) is 21.6. The van der Waals surface area contributed by atoms with E-state index < -0.39 is 16.1 Å². The van der Waals surface area contributed by atoms with Crippen LogP contribution in [0.25, 0.3) is 0 Å². The van der Waals surface area contributed by atoms with Crippen molar-refractivity contribution in [1.82, 2.24) is 14.2 Å². The molecule has 0 bridgehead atoms. The number of hydrogen-bond donors (Lipinski definition) is 0. The van der Waals surface area contributed by atoms with Crippen LogP contribution in [0.3, 0.4) is 0 Å². The standard InChI is InChI=1S/C25H33ClN4O4S/c1-2-6-21-7-5-8-22(30(21)35(32,33)23-12-10-20(26)11-13-23)19-34-25(31)29-17-15-28(16-18-29)24-9-3-4-14-27-24/h3-4,9-14,21-22H,2,5-8,15-19H2,1H3/t21-,22-/m0/s1. The Hall–Kier alpha value is -2.36. The van der Waals surface area contributed by atoms with E-state index in [0.29, 0.717) is 37.6 Å². The highest BCUT2D eigenvalue weighted by atomic mass is 35.5. The lowest BCUT2D eigenvalue weighted by atomic mass is 9.96. The molecular formula is C25H33ClN4O4S. The van der Waals surface area contributed by atoms with Crippen LogP contribution in [-0.2, 0) is 14.8 Å². The van der Waals surface area contributed by atoms with Crippen LogP contribution in [0.1, 0.15) is 39.0 Å². The number of anilines is 1. The Bertz CT molecular complexity index is 1070. The molecule has 10 heteroatoms. The van der Waals surface area contributed by atoms with Crippen LogP contribution in [0.2, 0.25) is 5.02 Å². The molecule has 2 aliphatic rings. The monoisotopic (exact) mass is 520 g/mol. The molecule has 2 saturated heterocycles. The van der Waals surface area contributed by atoms with Gasteiger partial charge in [-0.25, -0.2) is 18.2 Å². The lowest BCUT2D eigenvalue weighted by molar-refractivity contribution is 0.0595. The second-order valence-electron chi connectivity index (χ2n) is 9.06. The van der Waals surface area contributed by atoms with E-state index in [1.54, 1.807) is 39.7 Å². The van der Waals surface area contributed by atoms with Crippen molar-refractivity contribution in [2.24, 2.45) is 0 Å². The number of piperidine rings is 1. The summed E-state index contributed by atoms with van der Waals surface area (Å²) in [6.07, 6.45) is 5.39. The predicted molar refractivity (Wildman–Crippen MR) is 136 cm³/mol. The maximum atomic E-state index is 13.6. The van der Waals surface area contributed by atoms with Gasteiger partial charge in [0.25, 0.3) is 0 Å². The van der Waals surface area contributed by atoms with Crippen LogP contribution in [0.4, 0.5) is 10.6 Å². The number of hydrogen-bond acceptors (Lipinski definition) is 6. The van der Waals surface area contributed by atoms with Crippen molar-refractivity contribution in [2.75, 3.05) is 37.7 Å². The van der Waals surface area contributed by atoms with E-state index in [1.807, 2.05) is 18.2 Å². The van der Waals surface area contributed by atoms with Gasteiger partial charge in [0.05, 0.1) is 10.9 Å². The van der Waals surface area contributed by atoms with Gasteiger partial charge in [0.1, 0.15) is 12.4 Å². The number of nitrogens with zero attached hydrogens (tertiary/aromatic N) is 4. The van der Waals surface area contributed by atoms with Crippen LogP contribution in [0.15, 0.2) is 53.6 Å². The van der Waals surface area contributed by atoms with Gasteiger partial charge in [-0.05, 0) is 55.7 Å². The summed E-state index contributed by atoms with van der Waals surface area (Å²) < 4.78 is 34.6. The molecule has 0 radical (unpaired) electrons. The summed E-state index contributed by atoms with van der Waals surface area (Å²) in [4.78, 5) is 21.3. The summed E-state index contributed by atoms with van der Waals surface area (Å²) in [5.74, 6) is 0.896. The topological polar surface area (TPSA) is 83.1 Å². The molecule has 2 fully saturated rings. The highest BCUT2D eigenvalue weighted by Crippen LogP contribution is 2.32. The molecule has 1 amide bonds. The van der Waals surface area contributed by atoms with Gasteiger partial charge >= 0.3 is 6.09 Å². The molecule has 0 N–H and O–H groups in total. The first-order chi connectivity index (χ1) is 16.9. The molecule has 2 atom stereocenters. The molecule has 190 valence electrons. The van der Waals surface area contributed by atoms with E-state index in [2.05, 4.69) is 16.8 Å². The third-order valence-corrected chi connectivity index (χ3v) is 8.99. The highest BCUT2D eigenvalue weighted by Gasteiger charge is 2.40. The Morgan fingerprint density at radius 3 is 2.43 bits per heavy atom. The molecule has 0 unspecified atom stereocenters. The van der Waals surface area contributed by atoms with Crippen molar-refractivity contribution in [3.63, 3.8) is 0 Å². The van der Waals surface area contributed by atoms with Gasteiger partial charge < -0.3 is 14.5 Å². The number of pyridine rings is 1. The lowest BCUT2D eigenvalue weighted by Gasteiger charge is -2.41. The Morgan fingerprint density at radius 1 is 1.06 bits per heavy atom. The maximum absolute atomic E-state index is 13.6. The molecule has 1 aromatic carbocycles. The second kappa shape index (κ2) is 11.6. The number of piperazine rings is 1. The third kappa shape index (κ3) is 6.08. The van der Waals surface area contributed by atoms with Crippen molar-refractivity contribution in [3.05, 3.63) is 53.7 Å². The van der Waals surface area contributed by atoms with Gasteiger partial charge in [-0.3, -0.25) is 0 Å². The average molecular weight is 521 g/mol. The molecule has 4 rings (SSSR count). The minimum atomic E-state index is -3.75. The van der Waals surface area contributed by atoms with Crippen LogP contribution >= 0.6 is 11.6 Å². The molecule has 0 saturated carbocycles. The first-order valence-electron chi connectivity index (χ1n) is 12.3. The summed E-state index contributed by atoms with van der Waals surface area (Å²) in [5, 5.41) is 0.487. The SMILES string of the molecule is CCC[C@H]1CCC[C@@H](COC(=O)N2CCN(c3ccccn3)CC2)N1S(=O)(=O)c1ccc(Cl)cc1. The molecule has 2 aromatic rings. The van der Waals surface area contributed by atoms with Crippen LogP contribution in [-0.4, -0.2) is 73.6 Å². The smallest absolute Gasteiger partial charge is 0.409 e. The first kappa shape index (κ1) is 25.7. The van der Waals surface area contributed by atoms with E-state index in [0.717, 1.165) is 31.5 Å². The third-order valence-electron chi connectivity index (χ3n) is 6.72. The number of sulfonamides is 1. The number of rotatable bonds is 7. The van der Waals surface area contributed by atoms with Crippen LogP contribution in [0, 0.1) is 0 Å². The molecule has 8 nitrogen and oxygen atoms in total. The fourth-order valence-corrected chi connectivity index (χ4v) is 6.95. The number of amides is 1. The molecule has 2 aliphatic heterocycles. The number of benzene rings is 1. The fourth-order valence-electron chi connectivity index (χ4n) is 4.94. The predicted octanol–water partition coefficient (Wildman–Crippen LogP) is 4.41. The molecule has 3 heterocycles. The molecule has 0 aliphatic carbocycles. The maximum Gasteiger partial charge on any atom is 0.409 e. The Balaban J connectivity index is 1.41. The Labute approximate surface area is 212 Å². The summed E-state index contributed by atoms with van der Waals surface area (Å²) in [5.41, 5.74) is 0. The number of carbonyl (C=O) groups excluding carboxylic acids is 1. The largest absolute Gasteiger partial charge is 0.448 e. The minimum absolute atomic E-state index is 0.0479. The van der Waals surface area contributed by atoms with Crippen LogP contribution < -0.4 is 4.90 Å². The number of carbonyl (C=O) groups is 1. The summed E-state index contributed by atoms with van der Waals surface area (Å²) in [6.45, 7) is 4.51. The molecule has 1 aromatic heterocycles. The average Bonchev–Trinajstić information content (AvgIpc) is 2.88. The second-order valence-corrected chi connectivity index (χ2v) is 11.3. The van der Waals surface area contributed by atoms with Crippen molar-refractivity contribution >= 4 is 33.5 Å². The van der Waals surface area contributed by atoms with E-state index in [4.69, 9.17) is 16.3 Å². The molecule has 0 spiro atoms. The summed E-state index contributed by atoms with van der Waals surface area (Å²) in [6, 6.07) is 11.5. The van der Waals surface area contributed by atoms with Crippen LogP contribution in [0.5, 0.6) is 0 Å². The van der Waals surface area contributed by atoms with Gasteiger partial charge in [-0.15, -0.1) is 0 Å².